The van der Waals surface area contributed by atoms with Crippen LogP contribution in [0.25, 0.3) is 0 Å². The van der Waals surface area contributed by atoms with Gasteiger partial charge in [0.05, 0.1) is 17.5 Å². The van der Waals surface area contributed by atoms with Gasteiger partial charge in [0.1, 0.15) is 0 Å². The van der Waals surface area contributed by atoms with Crippen molar-refractivity contribution >= 4 is 11.3 Å². The summed E-state index contributed by atoms with van der Waals surface area (Å²) < 4.78 is 27.2. The van der Waals surface area contributed by atoms with E-state index in [-0.39, 0.29) is 18.6 Å². The van der Waals surface area contributed by atoms with Crippen LogP contribution in [-0.4, -0.2) is 16.7 Å². The van der Waals surface area contributed by atoms with Crippen LogP contribution >= 0.6 is 11.3 Å². The molecule has 1 heterocycles. The van der Waals surface area contributed by atoms with E-state index in [9.17, 15) is 14.0 Å². The third kappa shape index (κ3) is 2.84. The van der Waals surface area contributed by atoms with E-state index in [0.29, 0.717) is 0 Å². The van der Waals surface area contributed by atoms with E-state index in [1.165, 1.54) is 23.5 Å². The molecule has 0 aliphatic heterocycles. The number of hydrogen-bond donors (Lipinski definition) is 1. The second-order valence-corrected chi connectivity index (χ2v) is 5.19. The van der Waals surface area contributed by atoms with Crippen molar-refractivity contribution in [3.05, 3.63) is 52.0 Å². The largest absolute Gasteiger partial charge is 0.396 e. The maximum Gasteiger partial charge on any atom is 0.163 e. The number of aliphatic hydroxyl groups is 1. The first kappa shape index (κ1) is 14.6. The van der Waals surface area contributed by atoms with Gasteiger partial charge in [0.15, 0.2) is 11.6 Å². The molecule has 1 aromatic carbocycles. The minimum absolute atomic E-state index is 0.0133. The molecule has 2 atom stereocenters. The Kier molecular flexibility index (Phi) is 4.77. The molecule has 6 heteroatoms. The van der Waals surface area contributed by atoms with E-state index in [0.717, 1.165) is 10.9 Å². The molecule has 0 saturated heterocycles. The van der Waals surface area contributed by atoms with E-state index >= 15 is 0 Å². The minimum Gasteiger partial charge on any atom is -0.396 e. The summed E-state index contributed by atoms with van der Waals surface area (Å²) in [7, 11) is 0. The second-order valence-electron chi connectivity index (χ2n) is 4.27. The first-order valence-corrected chi connectivity index (χ1v) is 6.89. The number of nitrogens with zero attached hydrogens (tertiary/aromatic N) is 2. The number of thiazole rings is 1. The summed E-state index contributed by atoms with van der Waals surface area (Å²) in [6.45, 7) is -0.141. The van der Waals surface area contributed by atoms with Gasteiger partial charge in [-0.1, -0.05) is 12.1 Å². The van der Waals surface area contributed by atoms with Crippen LogP contribution in [0, 0.1) is 23.0 Å². The monoisotopic (exact) mass is 294 g/mol. The van der Waals surface area contributed by atoms with Crippen molar-refractivity contribution in [2.45, 2.75) is 18.3 Å². The SMILES string of the molecule is N#C[C@@H](c1cccc(F)c1F)[C@@H](CCO)c1cncs1. The lowest BCUT2D eigenvalue weighted by Gasteiger charge is -2.20. The molecular weight excluding hydrogens is 282 g/mol. The number of aliphatic hydroxyl groups excluding tert-OH is 1. The quantitative estimate of drug-likeness (QED) is 0.921. The van der Waals surface area contributed by atoms with Crippen molar-refractivity contribution in [3.63, 3.8) is 0 Å². The van der Waals surface area contributed by atoms with Crippen molar-refractivity contribution in [3.8, 4) is 6.07 Å². The van der Waals surface area contributed by atoms with E-state index in [2.05, 4.69) is 4.98 Å². The number of benzene rings is 1. The van der Waals surface area contributed by atoms with Crippen molar-refractivity contribution in [1.29, 1.82) is 5.26 Å². The van der Waals surface area contributed by atoms with Gasteiger partial charge in [-0.3, -0.25) is 4.98 Å². The van der Waals surface area contributed by atoms with Gasteiger partial charge in [-0.25, -0.2) is 8.78 Å². The number of hydrogen-bond acceptors (Lipinski definition) is 4. The lowest BCUT2D eigenvalue weighted by molar-refractivity contribution is 0.272. The predicted octanol–water partition coefficient (Wildman–Crippen LogP) is 3.19. The summed E-state index contributed by atoms with van der Waals surface area (Å²) in [5.41, 5.74) is 1.62. The van der Waals surface area contributed by atoms with E-state index in [1.54, 1.807) is 11.7 Å². The van der Waals surface area contributed by atoms with Crippen molar-refractivity contribution < 1.29 is 13.9 Å². The highest BCUT2D eigenvalue weighted by Gasteiger charge is 2.28. The van der Waals surface area contributed by atoms with Gasteiger partial charge >= 0.3 is 0 Å². The van der Waals surface area contributed by atoms with E-state index < -0.39 is 23.5 Å². The Bertz CT molecular complexity index is 610. The summed E-state index contributed by atoms with van der Waals surface area (Å²) in [6, 6.07) is 5.81. The minimum atomic E-state index is -1.01. The van der Waals surface area contributed by atoms with Gasteiger partial charge in [0.2, 0.25) is 0 Å². The molecule has 1 N–H and O–H groups in total. The van der Waals surface area contributed by atoms with Crippen molar-refractivity contribution in [2.75, 3.05) is 6.61 Å². The second kappa shape index (κ2) is 6.55. The number of halogens is 2. The van der Waals surface area contributed by atoms with Crippen LogP contribution in [-0.2, 0) is 0 Å². The molecule has 20 heavy (non-hydrogen) atoms. The van der Waals surface area contributed by atoms with Gasteiger partial charge in [0.25, 0.3) is 0 Å². The van der Waals surface area contributed by atoms with Crippen molar-refractivity contribution in [2.24, 2.45) is 0 Å². The molecule has 0 aliphatic rings. The van der Waals surface area contributed by atoms with E-state index in [4.69, 9.17) is 5.11 Å². The summed E-state index contributed by atoms with van der Waals surface area (Å²) in [5.74, 6) is -3.26. The topological polar surface area (TPSA) is 56.9 Å². The highest BCUT2D eigenvalue weighted by atomic mass is 32.1. The molecule has 2 rings (SSSR count). The molecule has 104 valence electrons. The summed E-state index contributed by atoms with van der Waals surface area (Å²) in [6.07, 6.45) is 1.88. The molecule has 0 unspecified atom stereocenters. The zero-order valence-electron chi connectivity index (χ0n) is 10.5. The zero-order valence-corrected chi connectivity index (χ0v) is 11.3. The van der Waals surface area contributed by atoms with Gasteiger partial charge in [-0.15, -0.1) is 11.3 Å². The molecule has 1 aromatic heterocycles. The smallest absolute Gasteiger partial charge is 0.163 e. The number of aromatic nitrogens is 1. The average Bonchev–Trinajstić information content (AvgIpc) is 2.97. The molecule has 0 radical (unpaired) electrons. The lowest BCUT2D eigenvalue weighted by Crippen LogP contribution is -2.13. The lowest BCUT2D eigenvalue weighted by atomic mass is 9.84. The van der Waals surface area contributed by atoms with Crippen LogP contribution in [0.1, 0.15) is 28.7 Å². The Morgan fingerprint density at radius 3 is 2.80 bits per heavy atom. The van der Waals surface area contributed by atoms with Crippen LogP contribution in [0.4, 0.5) is 8.78 Å². The molecule has 3 nitrogen and oxygen atoms in total. The van der Waals surface area contributed by atoms with Crippen LogP contribution in [0.5, 0.6) is 0 Å². The Labute approximate surface area is 119 Å². The molecular formula is C14H12F2N2OS. The predicted molar refractivity (Wildman–Crippen MR) is 71.3 cm³/mol. The maximum absolute atomic E-state index is 13.9. The molecule has 2 aromatic rings. The van der Waals surface area contributed by atoms with E-state index in [1.807, 2.05) is 6.07 Å². The average molecular weight is 294 g/mol. The number of rotatable bonds is 5. The third-order valence-electron chi connectivity index (χ3n) is 3.11. The normalized spacial score (nSPS) is 13.7. The first-order valence-electron chi connectivity index (χ1n) is 6.01. The zero-order chi connectivity index (χ0) is 14.5. The van der Waals surface area contributed by atoms with Crippen molar-refractivity contribution in [1.82, 2.24) is 4.98 Å². The Balaban J connectivity index is 2.44. The molecule has 0 fully saturated rings. The Morgan fingerprint density at radius 1 is 1.40 bits per heavy atom. The molecule has 0 spiro atoms. The van der Waals surface area contributed by atoms with Gasteiger partial charge < -0.3 is 5.11 Å². The van der Waals surface area contributed by atoms with Crippen LogP contribution < -0.4 is 0 Å². The van der Waals surface area contributed by atoms with Crippen LogP contribution in [0.2, 0.25) is 0 Å². The molecule has 0 bridgehead atoms. The molecule has 0 amide bonds. The Morgan fingerprint density at radius 2 is 2.20 bits per heavy atom. The first-order chi connectivity index (χ1) is 9.69. The summed E-state index contributed by atoms with van der Waals surface area (Å²) in [5, 5.41) is 18.5. The van der Waals surface area contributed by atoms with Crippen LogP contribution in [0.3, 0.4) is 0 Å². The fraction of sp³-hybridized carbons (Fsp3) is 0.286. The maximum atomic E-state index is 13.9. The standard InChI is InChI=1S/C14H12F2N2OS/c15-12-3-1-2-10(14(12)16)11(6-17)9(4-5-19)13-7-18-8-20-13/h1-3,7-9,11,19H,4-5H2/t9-,11-/m1/s1. The fourth-order valence-corrected chi connectivity index (χ4v) is 2.95. The highest BCUT2D eigenvalue weighted by Crippen LogP contribution is 2.38. The van der Waals surface area contributed by atoms with Gasteiger partial charge in [-0.05, 0) is 12.5 Å². The summed E-state index contributed by atoms with van der Waals surface area (Å²) >= 11 is 1.33. The van der Waals surface area contributed by atoms with Crippen LogP contribution in [0.15, 0.2) is 29.9 Å². The molecule has 0 saturated carbocycles. The Hall–Kier alpha value is -1.84. The summed E-state index contributed by atoms with van der Waals surface area (Å²) in [4.78, 5) is 4.71. The van der Waals surface area contributed by atoms with Gasteiger partial charge in [-0.2, -0.15) is 5.26 Å². The van der Waals surface area contributed by atoms with Gasteiger partial charge in [0, 0.05) is 29.2 Å². The fourth-order valence-electron chi connectivity index (χ4n) is 2.16. The molecule has 0 aliphatic carbocycles. The third-order valence-corrected chi connectivity index (χ3v) is 4.02. The highest BCUT2D eigenvalue weighted by molar-refractivity contribution is 7.09. The number of nitriles is 1.